The fraction of sp³-hybridized carbons (Fsp3) is 0.214. The minimum atomic E-state index is -1.06. The van der Waals surface area contributed by atoms with E-state index in [1.165, 1.54) is 6.07 Å². The lowest BCUT2D eigenvalue weighted by Crippen LogP contribution is -2.35. The smallest absolute Gasteiger partial charge is 0.337 e. The summed E-state index contributed by atoms with van der Waals surface area (Å²) in [5.41, 5.74) is 10.3. The summed E-state index contributed by atoms with van der Waals surface area (Å²) in [4.78, 5) is 43.1. The monoisotopic (exact) mass is 575 g/mol. The highest BCUT2D eigenvalue weighted by Crippen LogP contribution is 2.28. The Hall–Kier alpha value is -5.50. The zero-order chi connectivity index (χ0) is 30.2. The van der Waals surface area contributed by atoms with E-state index in [1.807, 2.05) is 43.3 Å². The molecule has 218 valence electrons. The van der Waals surface area contributed by atoms with Crippen LogP contribution in [0.1, 0.15) is 41.3 Å². The molecule has 0 saturated heterocycles. The summed E-state index contributed by atoms with van der Waals surface area (Å²) in [5, 5.41) is 23.7. The first-order valence-electron chi connectivity index (χ1n) is 12.9. The van der Waals surface area contributed by atoms with Gasteiger partial charge in [0.25, 0.3) is 17.0 Å². The van der Waals surface area contributed by atoms with E-state index in [2.05, 4.69) is 14.9 Å². The van der Waals surface area contributed by atoms with Gasteiger partial charge in [0.05, 0.1) is 36.4 Å². The molecule has 1 amide bonds. The normalized spacial score (nSPS) is 11.3. The summed E-state index contributed by atoms with van der Waals surface area (Å²) >= 11 is 0. The summed E-state index contributed by atoms with van der Waals surface area (Å²) in [5.74, 6) is 4.12. The number of carbonyl (C=O) groups excluding carboxylic acids is 1. The van der Waals surface area contributed by atoms with Crippen molar-refractivity contribution in [3.05, 3.63) is 93.5 Å². The number of aromatic carboxylic acids is 1. The molecule has 0 radical (unpaired) electrons. The molecular weight excluding hydrogens is 546 g/mol. The number of rotatable bonds is 13. The number of hydrogen-bond donors (Lipinski definition) is 3. The van der Waals surface area contributed by atoms with Crippen LogP contribution in [0.4, 0.5) is 0 Å². The van der Waals surface area contributed by atoms with Crippen molar-refractivity contribution in [1.82, 2.24) is 14.7 Å². The van der Waals surface area contributed by atoms with Gasteiger partial charge in [0.15, 0.2) is 5.84 Å². The van der Waals surface area contributed by atoms with Crippen LogP contribution in [0.5, 0.6) is 6.01 Å². The Morgan fingerprint density at radius 1 is 1.10 bits per heavy atom. The lowest BCUT2D eigenvalue weighted by Gasteiger charge is -2.14. The maximum Gasteiger partial charge on any atom is 0.337 e. The van der Waals surface area contributed by atoms with Gasteiger partial charge in [-0.2, -0.15) is 10.1 Å². The average molecular weight is 576 g/mol. The molecule has 42 heavy (non-hydrogen) atoms. The number of fused-ring (bicyclic) bond motifs is 1. The molecular formula is C28H29N7O7. The number of carbonyl (C=O) groups is 2. The second-order valence-electron chi connectivity index (χ2n) is 9.02. The lowest BCUT2D eigenvalue weighted by atomic mass is 9.98. The Bertz CT molecular complexity index is 1630. The Labute approximate surface area is 239 Å². The zero-order valence-electron chi connectivity index (χ0n) is 22.7. The number of hydrogen-bond acceptors (Lipinski definition) is 9. The van der Waals surface area contributed by atoms with Crippen LogP contribution in [-0.4, -0.2) is 55.8 Å². The van der Waals surface area contributed by atoms with Gasteiger partial charge in [-0.1, -0.05) is 54.6 Å². The number of amides is 1. The average Bonchev–Trinajstić information content (AvgIpc) is 3.32. The fourth-order valence-corrected chi connectivity index (χ4v) is 4.36. The minimum absolute atomic E-state index is 0.000454. The van der Waals surface area contributed by atoms with Crippen LogP contribution in [0.2, 0.25) is 0 Å². The number of aromatic nitrogens is 2. The van der Waals surface area contributed by atoms with Gasteiger partial charge in [0.2, 0.25) is 0 Å². The van der Waals surface area contributed by atoms with Gasteiger partial charge in [0, 0.05) is 12.0 Å². The van der Waals surface area contributed by atoms with Crippen molar-refractivity contribution >= 4 is 28.7 Å². The molecule has 4 rings (SSSR count). The molecule has 0 aliphatic heterocycles. The van der Waals surface area contributed by atoms with Gasteiger partial charge < -0.3 is 20.4 Å². The van der Waals surface area contributed by atoms with E-state index in [4.69, 9.17) is 16.3 Å². The summed E-state index contributed by atoms with van der Waals surface area (Å²) in [6.07, 6.45) is -0.0280. The third-order valence-corrected chi connectivity index (χ3v) is 6.25. The van der Waals surface area contributed by atoms with Gasteiger partial charge in [-0.3, -0.25) is 9.36 Å². The highest BCUT2D eigenvalue weighted by molar-refractivity contribution is 6.04. The number of nitrogens with zero attached hydrogens (tertiary/aromatic N) is 5. The molecule has 0 atom stereocenters. The molecule has 0 bridgehead atoms. The van der Waals surface area contributed by atoms with Crippen molar-refractivity contribution in [1.29, 1.82) is 0 Å². The van der Waals surface area contributed by atoms with Crippen LogP contribution in [0, 0.1) is 10.1 Å². The van der Waals surface area contributed by atoms with Crippen LogP contribution in [0.15, 0.2) is 71.8 Å². The predicted molar refractivity (Wildman–Crippen MR) is 153 cm³/mol. The first-order chi connectivity index (χ1) is 20.2. The number of para-hydroxylation sites is 1. The molecule has 1 heterocycles. The summed E-state index contributed by atoms with van der Waals surface area (Å²) < 4.78 is 7.45. The number of nitrogens with two attached hydrogens (primary N) is 2. The molecule has 5 N–H and O–H groups in total. The van der Waals surface area contributed by atoms with Crippen molar-refractivity contribution in [2.75, 3.05) is 13.2 Å². The quantitative estimate of drug-likeness (QED) is 0.0404. The van der Waals surface area contributed by atoms with E-state index >= 15 is 0 Å². The molecule has 14 heteroatoms. The highest BCUT2D eigenvalue weighted by atomic mass is 16.9. The molecule has 1 aromatic heterocycles. The maximum absolute atomic E-state index is 12.2. The largest absolute Gasteiger partial charge is 0.478 e. The van der Waals surface area contributed by atoms with Crippen LogP contribution in [0.25, 0.3) is 22.2 Å². The van der Waals surface area contributed by atoms with E-state index in [1.54, 1.807) is 28.8 Å². The molecule has 0 spiro atoms. The predicted octanol–water partition coefficient (Wildman–Crippen LogP) is 3.16. The van der Waals surface area contributed by atoms with E-state index in [0.717, 1.165) is 16.7 Å². The Kier molecular flexibility index (Phi) is 9.29. The Morgan fingerprint density at radius 2 is 1.81 bits per heavy atom. The van der Waals surface area contributed by atoms with E-state index in [0.29, 0.717) is 40.9 Å². The van der Waals surface area contributed by atoms with Crippen LogP contribution >= 0.6 is 0 Å². The minimum Gasteiger partial charge on any atom is -0.478 e. The summed E-state index contributed by atoms with van der Waals surface area (Å²) in [6.45, 7) is 2.28. The number of hydrazone groups is 1. The highest BCUT2D eigenvalue weighted by Gasteiger charge is 2.19. The summed E-state index contributed by atoms with van der Waals surface area (Å²) in [7, 11) is 0. The van der Waals surface area contributed by atoms with Crippen molar-refractivity contribution in [2.45, 2.75) is 26.3 Å². The molecule has 14 nitrogen and oxygen atoms in total. The van der Waals surface area contributed by atoms with Gasteiger partial charge in [-0.05, 0) is 42.2 Å². The molecule has 0 unspecified atom stereocenters. The zero-order valence-corrected chi connectivity index (χ0v) is 22.7. The van der Waals surface area contributed by atoms with Crippen molar-refractivity contribution in [3.8, 4) is 17.1 Å². The van der Waals surface area contributed by atoms with Crippen LogP contribution in [0.3, 0.4) is 0 Å². The molecule has 4 aromatic rings. The maximum atomic E-state index is 12.2. The van der Waals surface area contributed by atoms with E-state index < -0.39 is 17.0 Å². The number of benzene rings is 3. The first kappa shape index (κ1) is 29.5. The molecule has 0 aliphatic rings. The number of hydrazine groups is 1. The SMILES string of the molecule is CCOc1nc2cccc(C(=O)O)c2n1Cc1ccc(-c2ccccc2/C(N)=N/N(N)C(=O)CCCO[N+](=O)[O-])cc1. The van der Waals surface area contributed by atoms with Gasteiger partial charge in [-0.25, -0.2) is 10.6 Å². The Balaban J connectivity index is 1.56. The van der Waals surface area contributed by atoms with Gasteiger partial charge in [-0.15, -0.1) is 15.2 Å². The molecule has 0 fully saturated rings. The molecule has 0 aliphatic carbocycles. The van der Waals surface area contributed by atoms with Crippen LogP contribution in [-0.2, 0) is 16.2 Å². The fourth-order valence-electron chi connectivity index (χ4n) is 4.36. The van der Waals surface area contributed by atoms with Crippen LogP contribution < -0.4 is 16.3 Å². The molecule has 0 saturated carbocycles. The second kappa shape index (κ2) is 13.2. The number of imidazole rings is 1. The van der Waals surface area contributed by atoms with Crippen molar-refractivity contribution in [2.24, 2.45) is 16.7 Å². The second-order valence-corrected chi connectivity index (χ2v) is 9.02. The molecule has 3 aromatic carbocycles. The Morgan fingerprint density at radius 3 is 2.50 bits per heavy atom. The van der Waals surface area contributed by atoms with Gasteiger partial charge >= 0.3 is 5.97 Å². The first-order valence-corrected chi connectivity index (χ1v) is 12.9. The van der Waals surface area contributed by atoms with Gasteiger partial charge in [0.1, 0.15) is 0 Å². The lowest BCUT2D eigenvalue weighted by molar-refractivity contribution is -0.757. The van der Waals surface area contributed by atoms with Crippen molar-refractivity contribution < 1.29 is 29.4 Å². The van der Waals surface area contributed by atoms with E-state index in [-0.39, 0.29) is 30.8 Å². The number of carboxylic acids is 1. The number of carboxylic acid groups (broad SMARTS) is 1. The standard InChI is InChI=1S/C28H29N7O7/c1-2-41-28-31-23-10-5-9-22(27(37)38)25(23)33(28)17-18-12-14-19(15-13-18)20-7-3-4-8-21(20)26(29)32-34(30)24(36)11-6-16-42-35(39)40/h3-5,7-10,12-15H,2,6,11,16-17,30H2,1H3,(H2,29,32)(H,37,38). The topological polar surface area (TPSA) is 201 Å². The number of amidine groups is 1. The van der Waals surface area contributed by atoms with Crippen molar-refractivity contribution in [3.63, 3.8) is 0 Å². The third-order valence-electron chi connectivity index (χ3n) is 6.25. The van der Waals surface area contributed by atoms with E-state index in [9.17, 15) is 24.8 Å². The summed E-state index contributed by atoms with van der Waals surface area (Å²) in [6, 6.07) is 20.0. The third kappa shape index (κ3) is 6.79. The number of ether oxygens (including phenoxy) is 1.